The van der Waals surface area contributed by atoms with Gasteiger partial charge >= 0.3 is 0 Å². The van der Waals surface area contributed by atoms with Crippen molar-refractivity contribution in [1.82, 2.24) is 19.5 Å². The lowest BCUT2D eigenvalue weighted by Crippen LogP contribution is -2.36. The molecule has 156 valence electrons. The zero-order valence-corrected chi connectivity index (χ0v) is 18.5. The number of Topliss-reactive ketones (excluding diaryl/α,β-unsaturated/α-hetero) is 1. The smallest absolute Gasteiger partial charge is 0.194 e. The second-order valence-electron chi connectivity index (χ2n) is 8.16. The van der Waals surface area contributed by atoms with Crippen LogP contribution in [-0.4, -0.2) is 54.3 Å². The highest BCUT2D eigenvalue weighted by Gasteiger charge is 2.74. The predicted octanol–water partition coefficient (Wildman–Crippen LogP) is 1.96. The Labute approximate surface area is 186 Å². The molecule has 2 heterocycles. The van der Waals surface area contributed by atoms with Crippen molar-refractivity contribution < 1.29 is 15.0 Å². The fraction of sp³-hybridized carbons (Fsp3) is 0.429. The number of fused-ring (bicyclic) bond motifs is 2. The zero-order valence-electron chi connectivity index (χ0n) is 16.4. The lowest BCUT2D eigenvalue weighted by molar-refractivity contribution is -0.128. The SMILES string of the molecule is CC(=O)[C@]12CC1[C@@H](n1cnc3c(NCCc4ccccc4)nc(I)nc31)[C@H](O)C2O. The van der Waals surface area contributed by atoms with E-state index in [4.69, 9.17) is 0 Å². The number of aliphatic hydroxyl groups excluding tert-OH is 2. The van der Waals surface area contributed by atoms with Gasteiger partial charge in [-0.1, -0.05) is 30.3 Å². The van der Waals surface area contributed by atoms with Crippen LogP contribution in [0.1, 0.15) is 24.9 Å². The van der Waals surface area contributed by atoms with Crippen LogP contribution in [-0.2, 0) is 11.2 Å². The van der Waals surface area contributed by atoms with Crippen molar-refractivity contribution in [3.8, 4) is 0 Å². The van der Waals surface area contributed by atoms with Crippen molar-refractivity contribution >= 4 is 45.4 Å². The van der Waals surface area contributed by atoms with Gasteiger partial charge in [-0.05, 0) is 31.2 Å². The summed E-state index contributed by atoms with van der Waals surface area (Å²) in [5.41, 5.74) is 1.61. The summed E-state index contributed by atoms with van der Waals surface area (Å²) in [6.45, 7) is 2.18. The van der Waals surface area contributed by atoms with E-state index < -0.39 is 23.7 Å². The van der Waals surface area contributed by atoms with Gasteiger partial charge in [0.1, 0.15) is 11.9 Å². The topological polar surface area (TPSA) is 113 Å². The van der Waals surface area contributed by atoms with Crippen LogP contribution in [0.15, 0.2) is 36.7 Å². The summed E-state index contributed by atoms with van der Waals surface area (Å²) in [6.07, 6.45) is 0.960. The van der Waals surface area contributed by atoms with Crippen molar-refractivity contribution in [2.24, 2.45) is 11.3 Å². The maximum atomic E-state index is 12.2. The number of halogens is 1. The minimum Gasteiger partial charge on any atom is -0.389 e. The van der Waals surface area contributed by atoms with Gasteiger partial charge in [0, 0.05) is 29.1 Å². The Morgan fingerprint density at radius 2 is 2.07 bits per heavy atom. The van der Waals surface area contributed by atoms with Gasteiger partial charge in [-0.2, -0.15) is 0 Å². The minimum absolute atomic E-state index is 0.0709. The molecule has 2 saturated carbocycles. The number of ketones is 1. The molecule has 0 aliphatic heterocycles. The van der Waals surface area contributed by atoms with Crippen LogP contribution in [0.3, 0.4) is 0 Å². The van der Waals surface area contributed by atoms with Gasteiger partial charge in [-0.25, -0.2) is 15.0 Å². The van der Waals surface area contributed by atoms with Crippen LogP contribution in [0.25, 0.3) is 11.2 Å². The number of carbonyl (C=O) groups is 1. The summed E-state index contributed by atoms with van der Waals surface area (Å²) < 4.78 is 2.36. The minimum atomic E-state index is -1.06. The number of anilines is 1. The molecule has 1 aromatic carbocycles. The molecule has 5 rings (SSSR count). The monoisotopic (exact) mass is 519 g/mol. The predicted molar refractivity (Wildman–Crippen MR) is 119 cm³/mol. The summed E-state index contributed by atoms with van der Waals surface area (Å²) in [5.74, 6) is 0.457. The molecule has 2 aliphatic carbocycles. The molecule has 0 bridgehead atoms. The summed E-state index contributed by atoms with van der Waals surface area (Å²) >= 11 is 2.06. The van der Waals surface area contributed by atoms with E-state index in [1.807, 2.05) is 18.2 Å². The van der Waals surface area contributed by atoms with Gasteiger partial charge in [0.15, 0.2) is 20.8 Å². The zero-order chi connectivity index (χ0) is 21.0. The van der Waals surface area contributed by atoms with Crippen LogP contribution >= 0.6 is 22.6 Å². The fourth-order valence-corrected chi connectivity index (χ4v) is 5.44. The molecule has 0 amide bonds. The number of imidazole rings is 1. The van der Waals surface area contributed by atoms with Gasteiger partial charge < -0.3 is 20.1 Å². The van der Waals surface area contributed by atoms with Gasteiger partial charge in [0.05, 0.1) is 23.9 Å². The molecule has 0 spiro atoms. The molecule has 2 aliphatic rings. The Morgan fingerprint density at radius 3 is 2.77 bits per heavy atom. The third-order valence-electron chi connectivity index (χ3n) is 6.59. The van der Waals surface area contributed by atoms with Crippen LogP contribution in [0.2, 0.25) is 0 Å². The molecule has 8 nitrogen and oxygen atoms in total. The standard InChI is InChI=1S/C21H22IN5O3/c1-11(28)21-9-13(21)15(16(29)17(21)30)27-10-24-14-18(25-20(22)26-19(14)27)23-8-7-12-5-3-2-4-6-12/h2-6,10,13,15-17,29-30H,7-9H2,1H3,(H,23,25,26)/t13?,15-,16+,17?,21-/m1/s1. The van der Waals surface area contributed by atoms with E-state index in [0.717, 1.165) is 6.42 Å². The fourth-order valence-electron chi connectivity index (χ4n) is 4.97. The molecule has 2 aromatic heterocycles. The highest BCUT2D eigenvalue weighted by atomic mass is 127. The number of nitrogens with zero attached hydrogens (tertiary/aromatic N) is 4. The van der Waals surface area contributed by atoms with E-state index in [1.165, 1.54) is 12.5 Å². The lowest BCUT2D eigenvalue weighted by Gasteiger charge is -2.23. The second-order valence-corrected chi connectivity index (χ2v) is 9.13. The maximum absolute atomic E-state index is 12.2. The normalized spacial score (nSPS) is 29.7. The van der Waals surface area contributed by atoms with Crippen LogP contribution in [0.4, 0.5) is 5.82 Å². The third-order valence-corrected chi connectivity index (χ3v) is 7.07. The number of hydrogen-bond donors (Lipinski definition) is 3. The quantitative estimate of drug-likeness (QED) is 0.337. The molecule has 5 atom stereocenters. The molecule has 3 N–H and O–H groups in total. The van der Waals surface area contributed by atoms with E-state index >= 15 is 0 Å². The largest absolute Gasteiger partial charge is 0.389 e. The van der Waals surface area contributed by atoms with Crippen molar-refractivity contribution in [3.63, 3.8) is 0 Å². The highest BCUT2D eigenvalue weighted by Crippen LogP contribution is 2.68. The molecular formula is C21H22IN5O3. The Hall–Kier alpha value is -2.11. The lowest BCUT2D eigenvalue weighted by atomic mass is 9.95. The van der Waals surface area contributed by atoms with Crippen molar-refractivity contribution in [2.75, 3.05) is 11.9 Å². The average Bonchev–Trinajstić information content (AvgIpc) is 3.27. The van der Waals surface area contributed by atoms with E-state index in [1.54, 1.807) is 10.9 Å². The molecule has 0 saturated heterocycles. The van der Waals surface area contributed by atoms with E-state index in [9.17, 15) is 15.0 Å². The van der Waals surface area contributed by atoms with Gasteiger partial charge in [0.25, 0.3) is 0 Å². The summed E-state index contributed by atoms with van der Waals surface area (Å²) in [5, 5.41) is 24.6. The molecule has 3 aromatic rings. The number of carbonyl (C=O) groups excluding carboxylic acids is 1. The number of hydrogen-bond acceptors (Lipinski definition) is 7. The molecule has 9 heteroatoms. The third kappa shape index (κ3) is 2.94. The first kappa shape index (κ1) is 19.8. The first-order chi connectivity index (χ1) is 14.4. The summed E-state index contributed by atoms with van der Waals surface area (Å²) in [6, 6.07) is 9.76. The van der Waals surface area contributed by atoms with E-state index in [2.05, 4.69) is 55.0 Å². The Balaban J connectivity index is 1.44. The number of nitrogens with one attached hydrogen (secondary N) is 1. The number of rotatable bonds is 6. The summed E-state index contributed by atoms with van der Waals surface area (Å²) in [4.78, 5) is 25.7. The molecular weight excluding hydrogens is 497 g/mol. The Kier molecular flexibility index (Phi) is 4.79. The van der Waals surface area contributed by atoms with Gasteiger partial charge in [-0.15, -0.1) is 0 Å². The number of aliphatic hydroxyl groups is 2. The molecule has 2 unspecified atom stereocenters. The van der Waals surface area contributed by atoms with Gasteiger partial charge in [0.2, 0.25) is 0 Å². The second kappa shape index (κ2) is 7.24. The average molecular weight is 519 g/mol. The number of benzene rings is 1. The van der Waals surface area contributed by atoms with Crippen LogP contribution in [0, 0.1) is 15.2 Å². The Morgan fingerprint density at radius 1 is 1.30 bits per heavy atom. The highest BCUT2D eigenvalue weighted by molar-refractivity contribution is 14.1. The number of aromatic nitrogens is 4. The van der Waals surface area contributed by atoms with Crippen molar-refractivity contribution in [2.45, 2.75) is 38.0 Å². The van der Waals surface area contributed by atoms with E-state index in [-0.39, 0.29) is 11.7 Å². The van der Waals surface area contributed by atoms with Crippen LogP contribution in [0.5, 0.6) is 0 Å². The Bertz CT molecular complexity index is 1120. The molecule has 30 heavy (non-hydrogen) atoms. The van der Waals surface area contributed by atoms with Crippen molar-refractivity contribution in [3.05, 3.63) is 46.1 Å². The first-order valence-corrected chi connectivity index (χ1v) is 11.1. The summed E-state index contributed by atoms with van der Waals surface area (Å²) in [7, 11) is 0. The van der Waals surface area contributed by atoms with Crippen molar-refractivity contribution in [1.29, 1.82) is 0 Å². The molecule has 0 radical (unpaired) electrons. The molecule has 2 fully saturated rings. The van der Waals surface area contributed by atoms with Crippen LogP contribution < -0.4 is 5.32 Å². The van der Waals surface area contributed by atoms with E-state index in [0.29, 0.717) is 33.8 Å². The maximum Gasteiger partial charge on any atom is 0.194 e. The first-order valence-electron chi connectivity index (χ1n) is 9.98. The van der Waals surface area contributed by atoms with Gasteiger partial charge in [-0.3, -0.25) is 4.79 Å².